The minimum atomic E-state index is -0.767. The standard InChI is InChI=1S/C19H21N5O4/c1-5-8-23-15(13-7-6-9-27-13)12(10-20)14-16(23)17(25)24(11-21-14)18(26)22-28-19(2,3)4/h6-7,9,11H,5,8H2,1-4H3,(H,22,26). The molecule has 0 bridgehead atoms. The van der Waals surface area contributed by atoms with E-state index in [9.17, 15) is 14.9 Å². The van der Waals surface area contributed by atoms with Crippen LogP contribution in [-0.4, -0.2) is 25.8 Å². The van der Waals surface area contributed by atoms with Crippen molar-refractivity contribution in [3.8, 4) is 17.5 Å². The highest BCUT2D eigenvalue weighted by atomic mass is 16.7. The molecule has 0 radical (unpaired) electrons. The molecule has 0 aliphatic rings. The van der Waals surface area contributed by atoms with Crippen LogP contribution in [0.25, 0.3) is 22.5 Å². The number of nitriles is 1. The molecule has 1 amide bonds. The quantitative estimate of drug-likeness (QED) is 0.693. The van der Waals surface area contributed by atoms with Gasteiger partial charge in [0.2, 0.25) is 0 Å². The lowest BCUT2D eigenvalue weighted by molar-refractivity contribution is -0.0527. The average Bonchev–Trinajstić information content (AvgIpc) is 3.26. The third kappa shape index (κ3) is 3.42. The number of nitrogens with zero attached hydrogens (tertiary/aromatic N) is 4. The first kappa shape index (κ1) is 19.4. The predicted octanol–water partition coefficient (Wildman–Crippen LogP) is 3.03. The molecule has 0 aliphatic carbocycles. The lowest BCUT2D eigenvalue weighted by atomic mass is 10.2. The lowest BCUT2D eigenvalue weighted by Gasteiger charge is -2.19. The van der Waals surface area contributed by atoms with E-state index in [1.54, 1.807) is 37.5 Å². The van der Waals surface area contributed by atoms with Crippen molar-refractivity contribution in [2.24, 2.45) is 0 Å². The second kappa shape index (κ2) is 7.32. The summed E-state index contributed by atoms with van der Waals surface area (Å²) in [5.41, 5.74) is 2.13. The summed E-state index contributed by atoms with van der Waals surface area (Å²) in [6.07, 6.45) is 3.29. The highest BCUT2D eigenvalue weighted by molar-refractivity contribution is 5.91. The molecule has 9 nitrogen and oxygen atoms in total. The van der Waals surface area contributed by atoms with Crippen molar-refractivity contribution in [3.63, 3.8) is 0 Å². The van der Waals surface area contributed by atoms with Crippen LogP contribution < -0.4 is 11.0 Å². The number of rotatable bonds is 4. The molecule has 0 spiro atoms. The first-order chi connectivity index (χ1) is 13.3. The fraction of sp³-hybridized carbons (Fsp3) is 0.368. The van der Waals surface area contributed by atoms with Crippen molar-refractivity contribution < 1.29 is 14.0 Å². The number of nitrogens with one attached hydrogen (secondary N) is 1. The van der Waals surface area contributed by atoms with E-state index in [-0.39, 0.29) is 16.6 Å². The molecule has 9 heteroatoms. The molecule has 0 fully saturated rings. The Bertz CT molecular complexity index is 1110. The van der Waals surface area contributed by atoms with Crippen LogP contribution in [0.1, 0.15) is 39.7 Å². The van der Waals surface area contributed by atoms with Gasteiger partial charge < -0.3 is 8.98 Å². The number of hydrogen-bond donors (Lipinski definition) is 1. The van der Waals surface area contributed by atoms with Crippen LogP contribution in [0.4, 0.5) is 4.79 Å². The summed E-state index contributed by atoms with van der Waals surface area (Å²) >= 11 is 0. The molecule has 0 unspecified atom stereocenters. The Kier molecular flexibility index (Phi) is 5.07. The second-order valence-corrected chi connectivity index (χ2v) is 7.20. The summed E-state index contributed by atoms with van der Waals surface area (Å²) in [5.74, 6) is 0.453. The maximum Gasteiger partial charge on any atom is 0.353 e. The van der Waals surface area contributed by atoms with Crippen molar-refractivity contribution in [2.45, 2.75) is 46.3 Å². The molecule has 3 rings (SSSR count). The minimum absolute atomic E-state index is 0.165. The maximum absolute atomic E-state index is 13.1. The minimum Gasteiger partial charge on any atom is -0.463 e. The van der Waals surface area contributed by atoms with Gasteiger partial charge in [-0.25, -0.2) is 19.8 Å². The Morgan fingerprint density at radius 1 is 1.43 bits per heavy atom. The lowest BCUT2D eigenvalue weighted by Crippen LogP contribution is -2.40. The van der Waals surface area contributed by atoms with Gasteiger partial charge in [0, 0.05) is 6.54 Å². The molecule has 0 aromatic carbocycles. The van der Waals surface area contributed by atoms with Crippen molar-refractivity contribution in [2.75, 3.05) is 0 Å². The third-order valence-corrected chi connectivity index (χ3v) is 3.94. The van der Waals surface area contributed by atoms with Crippen LogP contribution in [0.5, 0.6) is 0 Å². The Hall–Kier alpha value is -3.38. The monoisotopic (exact) mass is 383 g/mol. The first-order valence-corrected chi connectivity index (χ1v) is 8.84. The highest BCUT2D eigenvalue weighted by Crippen LogP contribution is 2.31. The molecule has 0 saturated heterocycles. The molecule has 3 aromatic rings. The van der Waals surface area contributed by atoms with Gasteiger partial charge in [-0.1, -0.05) is 6.92 Å². The van der Waals surface area contributed by atoms with Gasteiger partial charge in [-0.05, 0) is 39.3 Å². The van der Waals surface area contributed by atoms with E-state index >= 15 is 0 Å². The van der Waals surface area contributed by atoms with Gasteiger partial charge in [-0.3, -0.25) is 9.63 Å². The summed E-state index contributed by atoms with van der Waals surface area (Å²) in [4.78, 5) is 34.9. The van der Waals surface area contributed by atoms with Crippen LogP contribution in [0.3, 0.4) is 0 Å². The van der Waals surface area contributed by atoms with Gasteiger partial charge in [0.25, 0.3) is 5.56 Å². The largest absolute Gasteiger partial charge is 0.463 e. The van der Waals surface area contributed by atoms with E-state index in [1.165, 1.54) is 6.26 Å². The van der Waals surface area contributed by atoms with Crippen LogP contribution >= 0.6 is 0 Å². The van der Waals surface area contributed by atoms with Gasteiger partial charge in [-0.15, -0.1) is 0 Å². The first-order valence-electron chi connectivity index (χ1n) is 8.84. The molecule has 28 heavy (non-hydrogen) atoms. The van der Waals surface area contributed by atoms with Crippen LogP contribution in [0, 0.1) is 11.3 Å². The highest BCUT2D eigenvalue weighted by Gasteiger charge is 2.25. The zero-order chi connectivity index (χ0) is 20.5. The Morgan fingerprint density at radius 3 is 2.75 bits per heavy atom. The van der Waals surface area contributed by atoms with Crippen LogP contribution in [-0.2, 0) is 11.4 Å². The summed E-state index contributed by atoms with van der Waals surface area (Å²) in [6, 6.07) is 4.76. The Labute approximate surface area is 161 Å². The van der Waals surface area contributed by atoms with Gasteiger partial charge >= 0.3 is 6.03 Å². The van der Waals surface area contributed by atoms with Crippen molar-refractivity contribution in [1.29, 1.82) is 5.26 Å². The Balaban J connectivity index is 2.22. The molecule has 0 saturated carbocycles. The average molecular weight is 383 g/mol. The maximum atomic E-state index is 13.1. The van der Waals surface area contributed by atoms with Crippen LogP contribution in [0.2, 0.25) is 0 Å². The number of carbonyl (C=O) groups is 1. The molecule has 1 N–H and O–H groups in total. The van der Waals surface area contributed by atoms with Crippen LogP contribution in [0.15, 0.2) is 33.9 Å². The van der Waals surface area contributed by atoms with Crippen molar-refractivity contribution >= 4 is 17.1 Å². The molecule has 3 aromatic heterocycles. The molecule has 146 valence electrons. The smallest absolute Gasteiger partial charge is 0.353 e. The number of aryl methyl sites for hydroxylation is 1. The summed E-state index contributed by atoms with van der Waals surface area (Å²) in [7, 11) is 0. The normalized spacial score (nSPS) is 11.5. The number of hydrogen-bond acceptors (Lipinski definition) is 6. The SMILES string of the molecule is CCCn1c(-c2ccco2)c(C#N)c2ncn(C(=O)NOC(C)(C)C)c(=O)c21. The van der Waals surface area contributed by atoms with E-state index in [0.29, 0.717) is 24.4 Å². The van der Waals surface area contributed by atoms with Crippen molar-refractivity contribution in [3.05, 3.63) is 40.6 Å². The van der Waals surface area contributed by atoms with E-state index in [4.69, 9.17) is 9.25 Å². The zero-order valence-electron chi connectivity index (χ0n) is 16.1. The van der Waals surface area contributed by atoms with E-state index in [2.05, 4.69) is 16.5 Å². The Morgan fingerprint density at radius 2 is 2.18 bits per heavy atom. The number of aromatic nitrogens is 3. The number of carbonyl (C=O) groups excluding carboxylic acids is 1. The number of furan rings is 1. The summed E-state index contributed by atoms with van der Waals surface area (Å²) in [6.45, 7) is 7.69. The van der Waals surface area contributed by atoms with Gasteiger partial charge in [0.15, 0.2) is 5.76 Å². The number of hydroxylamine groups is 1. The fourth-order valence-electron chi connectivity index (χ4n) is 2.84. The zero-order valence-corrected chi connectivity index (χ0v) is 16.1. The van der Waals surface area contributed by atoms with E-state index in [1.807, 2.05) is 6.92 Å². The fourth-order valence-corrected chi connectivity index (χ4v) is 2.84. The molecule has 0 atom stereocenters. The third-order valence-electron chi connectivity index (χ3n) is 3.94. The number of fused-ring (bicyclic) bond motifs is 1. The number of amides is 1. The summed E-state index contributed by atoms with van der Waals surface area (Å²) in [5, 5.41) is 9.69. The molecule has 0 aliphatic heterocycles. The second-order valence-electron chi connectivity index (χ2n) is 7.20. The van der Waals surface area contributed by atoms with E-state index < -0.39 is 17.2 Å². The topological polar surface area (TPSA) is 115 Å². The molecular weight excluding hydrogens is 362 g/mol. The van der Waals surface area contributed by atoms with E-state index in [0.717, 1.165) is 10.9 Å². The summed E-state index contributed by atoms with van der Waals surface area (Å²) < 4.78 is 7.97. The van der Waals surface area contributed by atoms with Gasteiger partial charge in [0.05, 0.1) is 11.9 Å². The van der Waals surface area contributed by atoms with Crippen molar-refractivity contribution in [1.82, 2.24) is 19.6 Å². The van der Waals surface area contributed by atoms with Gasteiger partial charge in [-0.2, -0.15) is 5.26 Å². The molecular formula is C19H21N5O4. The van der Waals surface area contributed by atoms with Gasteiger partial charge in [0.1, 0.15) is 34.7 Å². The molecule has 3 heterocycles. The predicted molar refractivity (Wildman–Crippen MR) is 101 cm³/mol.